The number of nitrogens with zero attached hydrogens (tertiary/aromatic N) is 2. The highest BCUT2D eigenvalue weighted by atomic mass is 16.3. The molecule has 0 saturated heterocycles. The van der Waals surface area contributed by atoms with Crippen LogP contribution in [0.3, 0.4) is 0 Å². The molecule has 1 aromatic heterocycles. The largest absolute Gasteiger partial charge is 0.384 e. The first-order chi connectivity index (χ1) is 6.20. The highest BCUT2D eigenvalue weighted by Crippen LogP contribution is 1.87. The van der Waals surface area contributed by atoms with Crippen LogP contribution in [0.25, 0.3) is 0 Å². The standard InChI is InChI=1S/C8H11N3O2/c1-6(12)8(13)11-5-7-9-3-2-4-10-7/h2-4,6,12H,5H2,1H3,(H,11,13)/t6-/m0/s1. The number of carbonyl (C=O) groups excluding carboxylic acids is 1. The molecule has 1 atom stereocenters. The molecule has 0 spiro atoms. The first-order valence-electron chi connectivity index (χ1n) is 3.92. The normalized spacial score (nSPS) is 12.2. The number of nitrogens with one attached hydrogen (secondary N) is 1. The van der Waals surface area contributed by atoms with E-state index in [2.05, 4.69) is 15.3 Å². The molecule has 5 nitrogen and oxygen atoms in total. The van der Waals surface area contributed by atoms with Gasteiger partial charge in [0.05, 0.1) is 6.54 Å². The van der Waals surface area contributed by atoms with Crippen molar-refractivity contribution in [3.05, 3.63) is 24.3 Å². The third kappa shape index (κ3) is 3.16. The molecule has 0 aliphatic rings. The maximum Gasteiger partial charge on any atom is 0.248 e. The summed E-state index contributed by atoms with van der Waals surface area (Å²) in [6.45, 7) is 1.64. The Bertz CT molecular complexity index is 274. The summed E-state index contributed by atoms with van der Waals surface area (Å²) in [4.78, 5) is 18.7. The minimum Gasteiger partial charge on any atom is -0.384 e. The molecule has 0 saturated carbocycles. The fraction of sp³-hybridized carbons (Fsp3) is 0.375. The lowest BCUT2D eigenvalue weighted by Gasteiger charge is -2.04. The van der Waals surface area contributed by atoms with Gasteiger partial charge in [0.25, 0.3) is 0 Å². The van der Waals surface area contributed by atoms with E-state index in [9.17, 15) is 4.79 Å². The van der Waals surface area contributed by atoms with Crippen molar-refractivity contribution in [2.24, 2.45) is 0 Å². The monoisotopic (exact) mass is 181 g/mol. The second-order valence-electron chi connectivity index (χ2n) is 2.56. The molecule has 1 rings (SSSR count). The lowest BCUT2D eigenvalue weighted by molar-refractivity contribution is -0.128. The Labute approximate surface area is 75.8 Å². The second kappa shape index (κ2) is 4.51. The number of aliphatic hydroxyl groups excluding tert-OH is 1. The van der Waals surface area contributed by atoms with Gasteiger partial charge in [-0.25, -0.2) is 9.97 Å². The molecule has 1 amide bonds. The van der Waals surface area contributed by atoms with Crippen molar-refractivity contribution in [3.8, 4) is 0 Å². The lowest BCUT2D eigenvalue weighted by Crippen LogP contribution is -2.32. The van der Waals surface area contributed by atoms with Gasteiger partial charge in [-0.15, -0.1) is 0 Å². The molecule has 2 N–H and O–H groups in total. The van der Waals surface area contributed by atoms with Crippen LogP contribution in [0.2, 0.25) is 0 Å². The number of hydrogen-bond acceptors (Lipinski definition) is 4. The summed E-state index contributed by atoms with van der Waals surface area (Å²) in [6, 6.07) is 1.69. The van der Waals surface area contributed by atoms with Gasteiger partial charge in [0.1, 0.15) is 11.9 Å². The minimum atomic E-state index is -0.997. The Kier molecular flexibility index (Phi) is 3.33. The highest BCUT2D eigenvalue weighted by Gasteiger charge is 2.07. The maximum absolute atomic E-state index is 10.9. The zero-order chi connectivity index (χ0) is 9.68. The van der Waals surface area contributed by atoms with E-state index >= 15 is 0 Å². The van der Waals surface area contributed by atoms with Gasteiger partial charge in [0.2, 0.25) is 5.91 Å². The average Bonchev–Trinajstić information content (AvgIpc) is 2.15. The lowest BCUT2D eigenvalue weighted by atomic mass is 10.4. The Morgan fingerprint density at radius 2 is 2.23 bits per heavy atom. The first kappa shape index (κ1) is 9.60. The van der Waals surface area contributed by atoms with E-state index in [-0.39, 0.29) is 6.54 Å². The summed E-state index contributed by atoms with van der Waals surface area (Å²) < 4.78 is 0. The molecule has 0 aliphatic heterocycles. The minimum absolute atomic E-state index is 0.241. The van der Waals surface area contributed by atoms with Gasteiger partial charge in [-0.1, -0.05) is 0 Å². The quantitative estimate of drug-likeness (QED) is 0.657. The smallest absolute Gasteiger partial charge is 0.248 e. The zero-order valence-corrected chi connectivity index (χ0v) is 7.27. The molecule has 0 fully saturated rings. The molecule has 0 aromatic carbocycles. The zero-order valence-electron chi connectivity index (χ0n) is 7.27. The average molecular weight is 181 g/mol. The van der Waals surface area contributed by atoms with Crippen LogP contribution in [0.1, 0.15) is 12.7 Å². The molecular weight excluding hydrogens is 170 g/mol. The van der Waals surface area contributed by atoms with Crippen LogP contribution in [0.5, 0.6) is 0 Å². The highest BCUT2D eigenvalue weighted by molar-refractivity contribution is 5.79. The molecule has 13 heavy (non-hydrogen) atoms. The van der Waals surface area contributed by atoms with Crippen molar-refractivity contribution >= 4 is 5.91 Å². The number of rotatable bonds is 3. The van der Waals surface area contributed by atoms with Crippen molar-refractivity contribution in [2.75, 3.05) is 0 Å². The van der Waals surface area contributed by atoms with Gasteiger partial charge in [-0.05, 0) is 13.0 Å². The second-order valence-corrected chi connectivity index (χ2v) is 2.56. The first-order valence-corrected chi connectivity index (χ1v) is 3.92. The van der Waals surface area contributed by atoms with Gasteiger partial charge in [0, 0.05) is 12.4 Å². The molecule has 0 radical (unpaired) electrons. The third-order valence-corrected chi connectivity index (χ3v) is 1.42. The molecule has 0 bridgehead atoms. The van der Waals surface area contributed by atoms with Gasteiger partial charge in [0.15, 0.2) is 0 Å². The topological polar surface area (TPSA) is 75.1 Å². The summed E-state index contributed by atoms with van der Waals surface area (Å²) in [7, 11) is 0. The van der Waals surface area contributed by atoms with E-state index in [1.54, 1.807) is 18.5 Å². The van der Waals surface area contributed by atoms with E-state index in [0.29, 0.717) is 5.82 Å². The van der Waals surface area contributed by atoms with E-state index in [4.69, 9.17) is 5.11 Å². The van der Waals surface area contributed by atoms with Crippen LogP contribution in [-0.2, 0) is 11.3 Å². The van der Waals surface area contributed by atoms with Crippen molar-refractivity contribution < 1.29 is 9.90 Å². The van der Waals surface area contributed by atoms with E-state index in [1.807, 2.05) is 0 Å². The van der Waals surface area contributed by atoms with E-state index in [0.717, 1.165) is 0 Å². The van der Waals surface area contributed by atoms with Crippen LogP contribution in [0.4, 0.5) is 0 Å². The van der Waals surface area contributed by atoms with E-state index < -0.39 is 12.0 Å². The predicted octanol–water partition coefficient (Wildman–Crippen LogP) is -0.526. The van der Waals surface area contributed by atoms with Crippen LogP contribution < -0.4 is 5.32 Å². The van der Waals surface area contributed by atoms with Crippen molar-refractivity contribution in [1.29, 1.82) is 0 Å². The Balaban J connectivity index is 2.40. The summed E-state index contributed by atoms with van der Waals surface area (Å²) in [5.74, 6) is 0.101. The molecule has 0 unspecified atom stereocenters. The van der Waals surface area contributed by atoms with Gasteiger partial charge in [-0.2, -0.15) is 0 Å². The van der Waals surface area contributed by atoms with Gasteiger partial charge >= 0.3 is 0 Å². The Hall–Kier alpha value is -1.49. The summed E-state index contributed by atoms with van der Waals surface area (Å²) in [5.41, 5.74) is 0. The fourth-order valence-electron chi connectivity index (χ4n) is 0.735. The van der Waals surface area contributed by atoms with Gasteiger partial charge in [-0.3, -0.25) is 4.79 Å². The number of aliphatic hydroxyl groups is 1. The predicted molar refractivity (Wildman–Crippen MR) is 45.6 cm³/mol. The van der Waals surface area contributed by atoms with Crippen LogP contribution >= 0.6 is 0 Å². The van der Waals surface area contributed by atoms with Crippen molar-refractivity contribution in [1.82, 2.24) is 15.3 Å². The van der Waals surface area contributed by atoms with E-state index in [1.165, 1.54) is 6.92 Å². The van der Waals surface area contributed by atoms with Crippen molar-refractivity contribution in [2.45, 2.75) is 19.6 Å². The molecule has 5 heteroatoms. The maximum atomic E-state index is 10.9. The molecular formula is C8H11N3O2. The number of hydrogen-bond donors (Lipinski definition) is 2. The number of carbonyl (C=O) groups is 1. The SMILES string of the molecule is C[C@H](O)C(=O)NCc1ncccn1. The third-order valence-electron chi connectivity index (χ3n) is 1.42. The Morgan fingerprint density at radius 3 is 2.77 bits per heavy atom. The number of amides is 1. The number of aromatic nitrogens is 2. The molecule has 1 aromatic rings. The molecule has 70 valence electrons. The fourth-order valence-corrected chi connectivity index (χ4v) is 0.735. The molecule has 1 heterocycles. The summed E-state index contributed by atoms with van der Waals surface area (Å²) in [6.07, 6.45) is 2.19. The van der Waals surface area contributed by atoms with Crippen LogP contribution in [0.15, 0.2) is 18.5 Å². The van der Waals surface area contributed by atoms with Crippen LogP contribution in [-0.4, -0.2) is 27.1 Å². The van der Waals surface area contributed by atoms with Crippen LogP contribution in [0, 0.1) is 0 Å². The van der Waals surface area contributed by atoms with Crippen molar-refractivity contribution in [3.63, 3.8) is 0 Å². The molecule has 0 aliphatic carbocycles. The summed E-state index contributed by atoms with van der Waals surface area (Å²) in [5, 5.41) is 11.3. The van der Waals surface area contributed by atoms with Gasteiger partial charge < -0.3 is 10.4 Å². The Morgan fingerprint density at radius 1 is 1.62 bits per heavy atom. The summed E-state index contributed by atoms with van der Waals surface area (Å²) >= 11 is 0.